The summed E-state index contributed by atoms with van der Waals surface area (Å²) >= 11 is 0. The largest absolute Gasteiger partial charge is 0.462 e. The molecule has 0 spiro atoms. The fourth-order valence-corrected chi connectivity index (χ4v) is 8.26. The van der Waals surface area contributed by atoms with E-state index in [1.54, 1.807) is 0 Å². The average molecular weight is 952 g/mol. The Morgan fingerprint density at radius 3 is 0.897 bits per heavy atom. The Kier molecular flexibility index (Phi) is 54.3. The van der Waals surface area contributed by atoms with Crippen molar-refractivity contribution in [3.05, 3.63) is 60.8 Å². The van der Waals surface area contributed by atoms with Gasteiger partial charge < -0.3 is 14.2 Å². The molecular formula is C62H110O6. The molecule has 0 bridgehead atoms. The number of hydrogen-bond donors (Lipinski definition) is 0. The van der Waals surface area contributed by atoms with Crippen LogP contribution in [0.5, 0.6) is 0 Å². The van der Waals surface area contributed by atoms with Gasteiger partial charge in [0.2, 0.25) is 0 Å². The molecule has 6 nitrogen and oxygen atoms in total. The van der Waals surface area contributed by atoms with Gasteiger partial charge in [-0.05, 0) is 109 Å². The van der Waals surface area contributed by atoms with Crippen molar-refractivity contribution in [2.24, 2.45) is 0 Å². The standard InChI is InChI=1S/C62H110O6/c1-4-7-10-13-16-19-22-25-28-30-31-32-35-37-40-43-46-49-52-55-61(64)67-58-59(57-66-60(63)54-51-48-45-42-39-36-33-27-24-21-18-15-12-9-6-3)68-62(65)56-53-50-47-44-41-38-34-29-26-23-20-17-14-11-8-5-2/h18,21,27,29-31,33-34,39,42,59H,4-17,19-20,22-26,28,32,35-38,40-41,43-58H2,1-3H3/b21-18-,31-30-,33-27-,34-29-,42-39-/t59-/m1/s1. The van der Waals surface area contributed by atoms with Crippen molar-refractivity contribution in [1.82, 2.24) is 0 Å². The Labute approximate surface area is 421 Å². The van der Waals surface area contributed by atoms with Crippen LogP contribution in [0.1, 0.15) is 297 Å². The lowest BCUT2D eigenvalue weighted by molar-refractivity contribution is -0.167. The van der Waals surface area contributed by atoms with E-state index in [-0.39, 0.29) is 31.1 Å². The number of carbonyl (C=O) groups is 3. The fraction of sp³-hybridized carbons (Fsp3) is 0.790. The highest BCUT2D eigenvalue weighted by molar-refractivity contribution is 5.71. The van der Waals surface area contributed by atoms with Crippen LogP contribution in [-0.4, -0.2) is 37.2 Å². The van der Waals surface area contributed by atoms with Crippen molar-refractivity contribution in [2.75, 3.05) is 13.2 Å². The summed E-state index contributed by atoms with van der Waals surface area (Å²) in [6.45, 7) is 6.59. The summed E-state index contributed by atoms with van der Waals surface area (Å²) in [7, 11) is 0. The Morgan fingerprint density at radius 1 is 0.294 bits per heavy atom. The molecule has 0 heterocycles. The van der Waals surface area contributed by atoms with Crippen LogP contribution in [0, 0.1) is 0 Å². The lowest BCUT2D eigenvalue weighted by atomic mass is 10.1. The number of allylic oxidation sites excluding steroid dienone is 10. The van der Waals surface area contributed by atoms with Gasteiger partial charge in [0.25, 0.3) is 0 Å². The number of esters is 3. The number of ether oxygens (including phenoxy) is 3. The van der Waals surface area contributed by atoms with Crippen molar-refractivity contribution in [1.29, 1.82) is 0 Å². The third kappa shape index (κ3) is 54.1. The molecule has 0 aromatic rings. The van der Waals surface area contributed by atoms with Gasteiger partial charge >= 0.3 is 17.9 Å². The molecular weight excluding hydrogens is 841 g/mol. The first-order valence-electron chi connectivity index (χ1n) is 29.3. The smallest absolute Gasteiger partial charge is 0.306 e. The molecule has 0 saturated heterocycles. The van der Waals surface area contributed by atoms with Crippen molar-refractivity contribution in [3.63, 3.8) is 0 Å². The van der Waals surface area contributed by atoms with Gasteiger partial charge in [-0.1, -0.05) is 229 Å². The summed E-state index contributed by atoms with van der Waals surface area (Å²) in [4.78, 5) is 38.1. The van der Waals surface area contributed by atoms with Crippen molar-refractivity contribution in [3.8, 4) is 0 Å². The quantitative estimate of drug-likeness (QED) is 0.0262. The van der Waals surface area contributed by atoms with E-state index in [1.165, 1.54) is 173 Å². The summed E-state index contributed by atoms with van der Waals surface area (Å²) in [5.74, 6) is -0.932. The summed E-state index contributed by atoms with van der Waals surface area (Å²) in [6, 6.07) is 0. The third-order valence-electron chi connectivity index (χ3n) is 12.7. The van der Waals surface area contributed by atoms with E-state index < -0.39 is 6.10 Å². The predicted molar refractivity (Wildman–Crippen MR) is 293 cm³/mol. The Morgan fingerprint density at radius 2 is 0.529 bits per heavy atom. The van der Waals surface area contributed by atoms with Gasteiger partial charge in [0.1, 0.15) is 13.2 Å². The summed E-state index contributed by atoms with van der Waals surface area (Å²) < 4.78 is 16.8. The van der Waals surface area contributed by atoms with Gasteiger partial charge in [-0.25, -0.2) is 0 Å². The molecule has 0 radical (unpaired) electrons. The molecule has 0 aromatic carbocycles. The highest BCUT2D eigenvalue weighted by Gasteiger charge is 2.19. The first-order valence-corrected chi connectivity index (χ1v) is 29.3. The second kappa shape index (κ2) is 56.7. The molecule has 0 amide bonds. The van der Waals surface area contributed by atoms with Gasteiger partial charge in [0.05, 0.1) is 0 Å². The van der Waals surface area contributed by atoms with E-state index in [4.69, 9.17) is 14.2 Å². The lowest BCUT2D eigenvalue weighted by Gasteiger charge is -2.18. The van der Waals surface area contributed by atoms with E-state index in [2.05, 4.69) is 81.5 Å². The third-order valence-corrected chi connectivity index (χ3v) is 12.7. The summed E-state index contributed by atoms with van der Waals surface area (Å²) in [5.41, 5.74) is 0. The minimum absolute atomic E-state index is 0.0909. The molecule has 0 aliphatic carbocycles. The van der Waals surface area contributed by atoms with Gasteiger partial charge in [-0.2, -0.15) is 0 Å². The highest BCUT2D eigenvalue weighted by Crippen LogP contribution is 2.15. The van der Waals surface area contributed by atoms with Crippen LogP contribution in [0.15, 0.2) is 60.8 Å². The zero-order valence-electron chi connectivity index (χ0n) is 45.1. The Balaban J connectivity index is 4.42. The van der Waals surface area contributed by atoms with Crippen molar-refractivity contribution < 1.29 is 28.6 Å². The molecule has 0 unspecified atom stereocenters. The SMILES string of the molecule is CCCCC/C=C\C/C=C\C/C=C\CCCCC(=O)OC[C@H](COC(=O)CCCCCCCCC/C=C\CCCCCCCCCC)OC(=O)CCCCCCC/C=C\CCCCCCCCC. The van der Waals surface area contributed by atoms with Crippen LogP contribution in [0.4, 0.5) is 0 Å². The van der Waals surface area contributed by atoms with E-state index in [1.807, 2.05) is 0 Å². The van der Waals surface area contributed by atoms with E-state index in [0.29, 0.717) is 19.3 Å². The van der Waals surface area contributed by atoms with Crippen molar-refractivity contribution in [2.45, 2.75) is 303 Å². The molecule has 0 fully saturated rings. The van der Waals surface area contributed by atoms with Gasteiger partial charge in [0, 0.05) is 19.3 Å². The highest BCUT2D eigenvalue weighted by atomic mass is 16.6. The molecule has 6 heteroatoms. The van der Waals surface area contributed by atoms with Crippen LogP contribution in [0.2, 0.25) is 0 Å². The maximum Gasteiger partial charge on any atom is 0.306 e. The first-order chi connectivity index (χ1) is 33.5. The molecule has 0 rings (SSSR count). The average Bonchev–Trinajstić information content (AvgIpc) is 3.34. The number of hydrogen-bond acceptors (Lipinski definition) is 6. The molecule has 0 aromatic heterocycles. The maximum absolute atomic E-state index is 12.9. The number of unbranched alkanes of at least 4 members (excludes halogenated alkanes) is 32. The zero-order valence-corrected chi connectivity index (χ0v) is 45.1. The topological polar surface area (TPSA) is 78.9 Å². The number of carbonyl (C=O) groups excluding carboxylic acids is 3. The summed E-state index contributed by atoms with van der Waals surface area (Å²) in [6.07, 6.45) is 70.7. The molecule has 1 atom stereocenters. The van der Waals surface area contributed by atoms with Crippen molar-refractivity contribution >= 4 is 17.9 Å². The van der Waals surface area contributed by atoms with Crippen LogP contribution in [0.25, 0.3) is 0 Å². The monoisotopic (exact) mass is 951 g/mol. The lowest BCUT2D eigenvalue weighted by Crippen LogP contribution is -2.30. The normalized spacial score (nSPS) is 12.5. The Bertz CT molecular complexity index is 1230. The molecule has 0 N–H and O–H groups in total. The van der Waals surface area contributed by atoms with Crippen LogP contribution < -0.4 is 0 Å². The van der Waals surface area contributed by atoms with E-state index in [9.17, 15) is 14.4 Å². The second-order valence-corrected chi connectivity index (χ2v) is 19.5. The Hall–Kier alpha value is -2.89. The molecule has 0 saturated carbocycles. The minimum atomic E-state index is -0.796. The van der Waals surface area contributed by atoms with Crippen LogP contribution in [0.3, 0.4) is 0 Å². The van der Waals surface area contributed by atoms with E-state index >= 15 is 0 Å². The fourth-order valence-electron chi connectivity index (χ4n) is 8.26. The first kappa shape index (κ1) is 65.1. The molecule has 394 valence electrons. The maximum atomic E-state index is 12.9. The van der Waals surface area contributed by atoms with Gasteiger partial charge in [-0.15, -0.1) is 0 Å². The second-order valence-electron chi connectivity index (χ2n) is 19.5. The van der Waals surface area contributed by atoms with Crippen LogP contribution >= 0.6 is 0 Å². The predicted octanol–water partition coefficient (Wildman–Crippen LogP) is 19.6. The molecule has 0 aliphatic heterocycles. The molecule has 0 aliphatic rings. The van der Waals surface area contributed by atoms with E-state index in [0.717, 1.165) is 83.5 Å². The van der Waals surface area contributed by atoms with Gasteiger partial charge in [-0.3, -0.25) is 14.4 Å². The summed E-state index contributed by atoms with van der Waals surface area (Å²) in [5, 5.41) is 0. The number of rotatable bonds is 53. The minimum Gasteiger partial charge on any atom is -0.462 e. The molecule has 68 heavy (non-hydrogen) atoms. The van der Waals surface area contributed by atoms with Crippen LogP contribution in [-0.2, 0) is 28.6 Å². The van der Waals surface area contributed by atoms with Gasteiger partial charge in [0.15, 0.2) is 6.10 Å². The zero-order chi connectivity index (χ0) is 49.3.